The van der Waals surface area contributed by atoms with Crippen LogP contribution in [0.3, 0.4) is 0 Å². The SMILES string of the molecule is OCCOc1ccccc1OCc1c(Cl)cccc1Cl. The van der Waals surface area contributed by atoms with Gasteiger partial charge in [0, 0.05) is 15.6 Å². The minimum absolute atomic E-state index is 0.0509. The number of ether oxygens (including phenoxy) is 2. The molecule has 0 aliphatic carbocycles. The maximum atomic E-state index is 8.80. The van der Waals surface area contributed by atoms with E-state index in [0.717, 1.165) is 5.56 Å². The van der Waals surface area contributed by atoms with Gasteiger partial charge < -0.3 is 14.6 Å². The minimum atomic E-state index is -0.0509. The second-order valence-corrected chi connectivity index (χ2v) is 4.82. The summed E-state index contributed by atoms with van der Waals surface area (Å²) in [5.41, 5.74) is 0.729. The van der Waals surface area contributed by atoms with Gasteiger partial charge in [0.1, 0.15) is 13.2 Å². The van der Waals surface area contributed by atoms with Crippen LogP contribution < -0.4 is 9.47 Å². The van der Waals surface area contributed by atoms with E-state index in [1.165, 1.54) is 0 Å². The summed E-state index contributed by atoms with van der Waals surface area (Å²) in [7, 11) is 0. The Kier molecular flexibility index (Phi) is 5.53. The summed E-state index contributed by atoms with van der Waals surface area (Å²) in [6.07, 6.45) is 0. The summed E-state index contributed by atoms with van der Waals surface area (Å²) in [5, 5.41) is 9.92. The Labute approximate surface area is 127 Å². The van der Waals surface area contributed by atoms with Crippen LogP contribution in [0.4, 0.5) is 0 Å². The zero-order valence-corrected chi connectivity index (χ0v) is 12.2. The molecule has 0 aliphatic rings. The van der Waals surface area contributed by atoms with Crippen molar-refractivity contribution in [3.05, 3.63) is 58.1 Å². The molecule has 0 radical (unpaired) electrons. The molecule has 0 aromatic heterocycles. The first-order valence-corrected chi connectivity index (χ1v) is 6.86. The van der Waals surface area contributed by atoms with Gasteiger partial charge in [0.2, 0.25) is 0 Å². The number of rotatable bonds is 6. The first-order valence-electron chi connectivity index (χ1n) is 6.10. The van der Waals surface area contributed by atoms with Crippen molar-refractivity contribution in [3.63, 3.8) is 0 Å². The lowest BCUT2D eigenvalue weighted by molar-refractivity contribution is 0.192. The second kappa shape index (κ2) is 7.39. The third-order valence-electron chi connectivity index (χ3n) is 2.63. The van der Waals surface area contributed by atoms with Crippen LogP contribution in [-0.4, -0.2) is 18.3 Å². The van der Waals surface area contributed by atoms with Crippen molar-refractivity contribution < 1.29 is 14.6 Å². The lowest BCUT2D eigenvalue weighted by Crippen LogP contribution is -2.04. The van der Waals surface area contributed by atoms with Gasteiger partial charge in [0.15, 0.2) is 11.5 Å². The highest BCUT2D eigenvalue weighted by Gasteiger charge is 2.09. The van der Waals surface area contributed by atoms with Crippen molar-refractivity contribution in [1.82, 2.24) is 0 Å². The maximum Gasteiger partial charge on any atom is 0.161 e. The maximum absolute atomic E-state index is 8.80. The molecule has 5 heteroatoms. The van der Waals surface area contributed by atoms with Crippen molar-refractivity contribution in [3.8, 4) is 11.5 Å². The molecule has 1 N–H and O–H groups in total. The molecule has 0 spiro atoms. The van der Waals surface area contributed by atoms with E-state index in [-0.39, 0.29) is 19.8 Å². The quantitative estimate of drug-likeness (QED) is 0.878. The molecular weight excluding hydrogens is 299 g/mol. The molecule has 0 unspecified atom stereocenters. The average molecular weight is 313 g/mol. The Bertz CT molecular complexity index is 553. The zero-order valence-electron chi connectivity index (χ0n) is 10.7. The molecule has 2 aromatic carbocycles. The minimum Gasteiger partial charge on any atom is -0.487 e. The highest BCUT2D eigenvalue weighted by molar-refractivity contribution is 6.35. The second-order valence-electron chi connectivity index (χ2n) is 4.01. The van der Waals surface area contributed by atoms with Crippen LogP contribution in [0, 0.1) is 0 Å². The first-order chi connectivity index (χ1) is 9.72. The summed E-state index contributed by atoms with van der Waals surface area (Å²) in [4.78, 5) is 0. The van der Waals surface area contributed by atoms with Crippen LogP contribution >= 0.6 is 23.2 Å². The molecule has 0 fully saturated rings. The van der Waals surface area contributed by atoms with E-state index in [2.05, 4.69) is 0 Å². The number of aliphatic hydroxyl groups excluding tert-OH is 1. The van der Waals surface area contributed by atoms with Crippen molar-refractivity contribution >= 4 is 23.2 Å². The highest BCUT2D eigenvalue weighted by Crippen LogP contribution is 2.30. The molecule has 0 atom stereocenters. The highest BCUT2D eigenvalue weighted by atomic mass is 35.5. The van der Waals surface area contributed by atoms with Crippen LogP contribution in [0.5, 0.6) is 11.5 Å². The number of hydrogen-bond acceptors (Lipinski definition) is 3. The summed E-state index contributed by atoms with van der Waals surface area (Å²) < 4.78 is 11.1. The number of benzene rings is 2. The summed E-state index contributed by atoms with van der Waals surface area (Å²) in [6.45, 7) is 0.413. The predicted molar refractivity (Wildman–Crippen MR) is 79.8 cm³/mol. The largest absolute Gasteiger partial charge is 0.487 e. The molecule has 0 amide bonds. The van der Waals surface area contributed by atoms with E-state index < -0.39 is 0 Å². The molecule has 0 saturated heterocycles. The monoisotopic (exact) mass is 312 g/mol. The van der Waals surface area contributed by atoms with Gasteiger partial charge in [-0.25, -0.2) is 0 Å². The fourth-order valence-corrected chi connectivity index (χ4v) is 2.17. The van der Waals surface area contributed by atoms with Crippen molar-refractivity contribution in [2.45, 2.75) is 6.61 Å². The van der Waals surface area contributed by atoms with Gasteiger partial charge in [0.05, 0.1) is 6.61 Å². The fourth-order valence-electron chi connectivity index (χ4n) is 1.66. The standard InChI is InChI=1S/C15H14Cl2O3/c16-12-4-3-5-13(17)11(12)10-20-15-7-2-1-6-14(15)19-9-8-18/h1-7,18H,8-10H2. The van der Waals surface area contributed by atoms with E-state index in [1.807, 2.05) is 12.1 Å². The van der Waals surface area contributed by atoms with E-state index in [9.17, 15) is 0 Å². The molecule has 106 valence electrons. The van der Waals surface area contributed by atoms with Crippen LogP contribution in [0.25, 0.3) is 0 Å². The first kappa shape index (κ1) is 15.0. The summed E-state index contributed by atoms with van der Waals surface area (Å²) in [6, 6.07) is 12.6. The van der Waals surface area contributed by atoms with Gasteiger partial charge in [-0.15, -0.1) is 0 Å². The van der Waals surface area contributed by atoms with Crippen LogP contribution in [0.15, 0.2) is 42.5 Å². The molecule has 0 bridgehead atoms. The summed E-state index contributed by atoms with van der Waals surface area (Å²) in [5.74, 6) is 1.15. The molecule has 0 aliphatic heterocycles. The van der Waals surface area contributed by atoms with E-state index >= 15 is 0 Å². The Morgan fingerprint density at radius 3 is 2.05 bits per heavy atom. The average Bonchev–Trinajstić information content (AvgIpc) is 2.45. The van der Waals surface area contributed by atoms with E-state index in [0.29, 0.717) is 21.5 Å². The number of halogens is 2. The third kappa shape index (κ3) is 3.79. The lowest BCUT2D eigenvalue weighted by Gasteiger charge is -2.13. The Hall–Kier alpha value is -1.42. The van der Waals surface area contributed by atoms with Crippen LogP contribution in [0.2, 0.25) is 10.0 Å². The van der Waals surface area contributed by atoms with E-state index in [4.69, 9.17) is 37.8 Å². The van der Waals surface area contributed by atoms with Gasteiger partial charge >= 0.3 is 0 Å². The zero-order chi connectivity index (χ0) is 14.4. The molecule has 2 rings (SSSR count). The number of para-hydroxylation sites is 2. The Balaban J connectivity index is 2.11. The number of aliphatic hydroxyl groups is 1. The predicted octanol–water partition coefficient (Wildman–Crippen LogP) is 3.94. The van der Waals surface area contributed by atoms with Crippen LogP contribution in [-0.2, 0) is 6.61 Å². The molecule has 3 nitrogen and oxygen atoms in total. The molecule has 2 aromatic rings. The Morgan fingerprint density at radius 1 is 0.850 bits per heavy atom. The fraction of sp³-hybridized carbons (Fsp3) is 0.200. The number of hydrogen-bond donors (Lipinski definition) is 1. The van der Waals surface area contributed by atoms with Crippen molar-refractivity contribution in [2.24, 2.45) is 0 Å². The van der Waals surface area contributed by atoms with Gasteiger partial charge in [-0.3, -0.25) is 0 Å². The lowest BCUT2D eigenvalue weighted by atomic mass is 10.2. The van der Waals surface area contributed by atoms with Gasteiger partial charge in [0.25, 0.3) is 0 Å². The molecular formula is C15H14Cl2O3. The third-order valence-corrected chi connectivity index (χ3v) is 3.34. The van der Waals surface area contributed by atoms with Crippen molar-refractivity contribution in [2.75, 3.05) is 13.2 Å². The van der Waals surface area contributed by atoms with Crippen molar-refractivity contribution in [1.29, 1.82) is 0 Å². The normalized spacial score (nSPS) is 10.3. The van der Waals surface area contributed by atoms with Gasteiger partial charge in [-0.1, -0.05) is 41.4 Å². The molecule has 20 heavy (non-hydrogen) atoms. The van der Waals surface area contributed by atoms with Gasteiger partial charge in [-0.05, 0) is 24.3 Å². The Morgan fingerprint density at radius 2 is 1.45 bits per heavy atom. The van der Waals surface area contributed by atoms with E-state index in [1.54, 1.807) is 30.3 Å². The van der Waals surface area contributed by atoms with Gasteiger partial charge in [-0.2, -0.15) is 0 Å². The van der Waals surface area contributed by atoms with Crippen LogP contribution in [0.1, 0.15) is 5.56 Å². The molecule has 0 heterocycles. The smallest absolute Gasteiger partial charge is 0.161 e. The topological polar surface area (TPSA) is 38.7 Å². The molecule has 0 saturated carbocycles. The summed E-state index contributed by atoms with van der Waals surface area (Å²) >= 11 is 12.2.